The maximum absolute atomic E-state index is 10.0. The summed E-state index contributed by atoms with van der Waals surface area (Å²) in [7, 11) is 1.76. The molecule has 16 heavy (non-hydrogen) atoms. The number of aliphatic hydroxyl groups is 1. The van der Waals surface area contributed by atoms with Crippen LogP contribution in [-0.2, 0) is 0 Å². The van der Waals surface area contributed by atoms with Gasteiger partial charge in [-0.1, -0.05) is 0 Å². The first-order valence-electron chi connectivity index (χ1n) is 5.27. The number of nitrogens with zero attached hydrogens (tertiary/aromatic N) is 2. The van der Waals surface area contributed by atoms with Crippen LogP contribution in [0.3, 0.4) is 0 Å². The van der Waals surface area contributed by atoms with Crippen molar-refractivity contribution >= 4 is 11.8 Å². The van der Waals surface area contributed by atoms with Gasteiger partial charge < -0.3 is 15.7 Å². The molecule has 0 saturated heterocycles. The molecule has 0 aliphatic rings. The zero-order valence-electron chi connectivity index (χ0n) is 10.5. The van der Waals surface area contributed by atoms with E-state index in [1.54, 1.807) is 33.2 Å². The molecule has 0 radical (unpaired) electrons. The Balaban J connectivity index is 2.88. The average Bonchev–Trinajstić information content (AvgIpc) is 2.15. The van der Waals surface area contributed by atoms with E-state index in [4.69, 9.17) is 0 Å². The summed E-state index contributed by atoms with van der Waals surface area (Å²) in [5, 5.41) is 16.1. The van der Waals surface area contributed by atoms with Crippen LogP contribution in [0.15, 0.2) is 12.3 Å². The minimum absolute atomic E-state index is 0.480. The highest BCUT2D eigenvalue weighted by Crippen LogP contribution is 2.25. The van der Waals surface area contributed by atoms with Gasteiger partial charge in [0.2, 0.25) is 5.95 Å². The first-order chi connectivity index (χ1) is 7.26. The van der Waals surface area contributed by atoms with Gasteiger partial charge in [-0.05, 0) is 33.8 Å². The normalized spacial score (nSPS) is 12.4. The summed E-state index contributed by atoms with van der Waals surface area (Å²) in [6.07, 6.45) is 1.67. The molecule has 0 unspecified atom stereocenters. The second-order valence-electron chi connectivity index (χ2n) is 4.82. The van der Waals surface area contributed by atoms with Gasteiger partial charge in [-0.15, -0.1) is 0 Å². The molecule has 1 rings (SSSR count). The van der Waals surface area contributed by atoms with Crippen molar-refractivity contribution in [1.29, 1.82) is 0 Å². The van der Waals surface area contributed by atoms with Gasteiger partial charge >= 0.3 is 0 Å². The number of aromatic nitrogens is 2. The van der Waals surface area contributed by atoms with Crippen molar-refractivity contribution in [3.05, 3.63) is 12.3 Å². The molecule has 0 atom stereocenters. The monoisotopic (exact) mass is 224 g/mol. The fourth-order valence-corrected chi connectivity index (χ4v) is 1.02. The van der Waals surface area contributed by atoms with Gasteiger partial charge in [-0.25, -0.2) is 4.98 Å². The minimum atomic E-state index is -0.849. The molecular formula is C11H20N4O. The summed E-state index contributed by atoms with van der Waals surface area (Å²) in [6.45, 7) is 7.38. The lowest BCUT2D eigenvalue weighted by Crippen LogP contribution is -2.51. The number of hydrogen-bond donors (Lipinski definition) is 3. The summed E-state index contributed by atoms with van der Waals surface area (Å²) in [4.78, 5) is 8.27. The predicted octanol–water partition coefficient (Wildman–Crippen LogP) is 1.48. The third-order valence-electron chi connectivity index (χ3n) is 2.85. The SMILES string of the molecule is CNc1nccc(NC(C)(C)C(C)(C)O)n1. The van der Waals surface area contributed by atoms with E-state index >= 15 is 0 Å². The topological polar surface area (TPSA) is 70.1 Å². The van der Waals surface area contributed by atoms with Gasteiger partial charge in [0.1, 0.15) is 5.82 Å². The fraction of sp³-hybridized carbons (Fsp3) is 0.636. The zero-order chi connectivity index (χ0) is 12.4. The summed E-state index contributed by atoms with van der Waals surface area (Å²) in [5.41, 5.74) is -1.33. The number of anilines is 2. The van der Waals surface area contributed by atoms with Crippen LogP contribution >= 0.6 is 0 Å². The lowest BCUT2D eigenvalue weighted by Gasteiger charge is -2.38. The van der Waals surface area contributed by atoms with Crippen LogP contribution in [0.5, 0.6) is 0 Å². The second-order valence-corrected chi connectivity index (χ2v) is 4.82. The maximum atomic E-state index is 10.0. The molecule has 90 valence electrons. The number of rotatable bonds is 4. The van der Waals surface area contributed by atoms with Gasteiger partial charge in [0.15, 0.2) is 0 Å². The quantitative estimate of drug-likeness (QED) is 0.722. The second kappa shape index (κ2) is 4.25. The Morgan fingerprint density at radius 3 is 2.38 bits per heavy atom. The summed E-state index contributed by atoms with van der Waals surface area (Å²) < 4.78 is 0. The smallest absolute Gasteiger partial charge is 0.224 e. The standard InChI is InChI=1S/C11H20N4O/c1-10(2,11(3,4)16)15-8-6-7-13-9(12-5)14-8/h6-7,16H,1-5H3,(H2,12,13,14,15). The molecule has 0 amide bonds. The van der Waals surface area contributed by atoms with Gasteiger partial charge in [0.05, 0.1) is 11.1 Å². The van der Waals surface area contributed by atoms with E-state index in [-0.39, 0.29) is 0 Å². The highest BCUT2D eigenvalue weighted by molar-refractivity contribution is 5.42. The van der Waals surface area contributed by atoms with Crippen LogP contribution in [0.25, 0.3) is 0 Å². The Labute approximate surface area is 96.3 Å². The molecule has 0 aromatic carbocycles. The third kappa shape index (κ3) is 2.82. The molecule has 0 aliphatic carbocycles. The zero-order valence-corrected chi connectivity index (χ0v) is 10.5. The molecule has 0 aliphatic heterocycles. The largest absolute Gasteiger partial charge is 0.388 e. The Bertz CT molecular complexity index is 357. The fourth-order valence-electron chi connectivity index (χ4n) is 1.02. The Morgan fingerprint density at radius 2 is 1.88 bits per heavy atom. The van der Waals surface area contributed by atoms with Crippen molar-refractivity contribution in [3.63, 3.8) is 0 Å². The lowest BCUT2D eigenvalue weighted by molar-refractivity contribution is 0.0239. The summed E-state index contributed by atoms with van der Waals surface area (Å²) >= 11 is 0. The molecule has 1 aromatic heterocycles. The molecular weight excluding hydrogens is 204 g/mol. The highest BCUT2D eigenvalue weighted by Gasteiger charge is 2.35. The molecule has 5 heteroatoms. The van der Waals surface area contributed by atoms with Crippen LogP contribution in [0.2, 0.25) is 0 Å². The molecule has 5 nitrogen and oxygen atoms in total. The van der Waals surface area contributed by atoms with Crippen molar-refractivity contribution in [2.75, 3.05) is 17.7 Å². The van der Waals surface area contributed by atoms with Crippen molar-refractivity contribution < 1.29 is 5.11 Å². The van der Waals surface area contributed by atoms with Crippen molar-refractivity contribution in [2.24, 2.45) is 0 Å². The first-order valence-corrected chi connectivity index (χ1v) is 5.27. The van der Waals surface area contributed by atoms with Crippen molar-refractivity contribution in [3.8, 4) is 0 Å². The highest BCUT2D eigenvalue weighted by atomic mass is 16.3. The molecule has 3 N–H and O–H groups in total. The summed E-state index contributed by atoms with van der Waals surface area (Å²) in [5.74, 6) is 1.24. The lowest BCUT2D eigenvalue weighted by atomic mass is 9.86. The van der Waals surface area contributed by atoms with E-state index < -0.39 is 11.1 Å². The van der Waals surface area contributed by atoms with Crippen molar-refractivity contribution in [1.82, 2.24) is 9.97 Å². The minimum Gasteiger partial charge on any atom is -0.388 e. The van der Waals surface area contributed by atoms with E-state index in [1.807, 2.05) is 13.8 Å². The van der Waals surface area contributed by atoms with E-state index in [0.717, 1.165) is 0 Å². The number of nitrogens with one attached hydrogen (secondary N) is 2. The molecule has 1 aromatic rings. The Kier molecular flexibility index (Phi) is 3.38. The van der Waals surface area contributed by atoms with Crippen LogP contribution in [0, 0.1) is 0 Å². The first kappa shape index (κ1) is 12.7. The molecule has 0 spiro atoms. The van der Waals surface area contributed by atoms with Gasteiger partial charge in [0.25, 0.3) is 0 Å². The molecule has 0 bridgehead atoms. The van der Waals surface area contributed by atoms with Crippen LogP contribution in [0.4, 0.5) is 11.8 Å². The molecule has 0 saturated carbocycles. The summed E-state index contributed by atoms with van der Waals surface area (Å²) in [6, 6.07) is 1.77. The maximum Gasteiger partial charge on any atom is 0.224 e. The van der Waals surface area contributed by atoms with E-state index in [9.17, 15) is 5.11 Å². The van der Waals surface area contributed by atoms with Crippen molar-refractivity contribution in [2.45, 2.75) is 38.8 Å². The van der Waals surface area contributed by atoms with Gasteiger partial charge in [0, 0.05) is 13.2 Å². The third-order valence-corrected chi connectivity index (χ3v) is 2.85. The van der Waals surface area contributed by atoms with E-state index in [2.05, 4.69) is 20.6 Å². The Hall–Kier alpha value is -1.36. The van der Waals surface area contributed by atoms with E-state index in [1.165, 1.54) is 0 Å². The molecule has 0 fully saturated rings. The number of hydrogen-bond acceptors (Lipinski definition) is 5. The molecule has 1 heterocycles. The van der Waals surface area contributed by atoms with Crippen LogP contribution < -0.4 is 10.6 Å². The van der Waals surface area contributed by atoms with Crippen LogP contribution in [0.1, 0.15) is 27.7 Å². The average molecular weight is 224 g/mol. The van der Waals surface area contributed by atoms with Crippen LogP contribution in [-0.4, -0.2) is 33.3 Å². The van der Waals surface area contributed by atoms with E-state index in [0.29, 0.717) is 11.8 Å². The van der Waals surface area contributed by atoms with Gasteiger partial charge in [-0.2, -0.15) is 4.98 Å². The Morgan fingerprint density at radius 1 is 1.25 bits per heavy atom. The predicted molar refractivity (Wildman–Crippen MR) is 65.6 cm³/mol. The van der Waals surface area contributed by atoms with Gasteiger partial charge in [-0.3, -0.25) is 0 Å².